The van der Waals surface area contributed by atoms with Crippen LogP contribution < -0.4 is 5.73 Å². The van der Waals surface area contributed by atoms with Crippen molar-refractivity contribution >= 4 is 45.4 Å². The number of nitrogens with two attached hydrogens (primary N) is 1. The fourth-order valence-corrected chi connectivity index (χ4v) is 2.75. The molecule has 2 rings (SSSR count). The molecular formula is C7H7BrN4S2. The van der Waals surface area contributed by atoms with Gasteiger partial charge in [0.25, 0.3) is 0 Å². The highest BCUT2D eigenvalue weighted by molar-refractivity contribution is 9.11. The number of nitrogens with one attached hydrogen (secondary N) is 1. The average Bonchev–Trinajstić information content (AvgIpc) is 2.67. The number of H-pyrrole nitrogens is 1. The second-order valence-corrected chi connectivity index (χ2v) is 5.61. The monoisotopic (exact) mass is 290 g/mol. The van der Waals surface area contributed by atoms with Crippen LogP contribution in [0.1, 0.15) is 4.88 Å². The van der Waals surface area contributed by atoms with Crippen molar-refractivity contribution in [1.82, 2.24) is 14.8 Å². The van der Waals surface area contributed by atoms with Crippen LogP contribution in [0.25, 0.3) is 0 Å². The average molecular weight is 291 g/mol. The Kier molecular flexibility index (Phi) is 2.71. The first kappa shape index (κ1) is 9.88. The smallest absolute Gasteiger partial charge is 0.220 e. The van der Waals surface area contributed by atoms with Gasteiger partial charge in [-0.2, -0.15) is 0 Å². The van der Waals surface area contributed by atoms with Gasteiger partial charge in [0, 0.05) is 4.88 Å². The maximum atomic E-state index is 5.64. The number of thiophene rings is 1. The molecule has 0 unspecified atom stereocenters. The predicted octanol–water partition coefficient (Wildman–Crippen LogP) is 2.40. The maximum Gasteiger partial charge on any atom is 0.220 e. The summed E-state index contributed by atoms with van der Waals surface area (Å²) < 4.78 is 3.40. The van der Waals surface area contributed by atoms with Gasteiger partial charge in [0.15, 0.2) is 4.77 Å². The van der Waals surface area contributed by atoms with Crippen molar-refractivity contribution in [3.63, 3.8) is 0 Å². The van der Waals surface area contributed by atoms with E-state index in [1.165, 1.54) is 4.88 Å². The second kappa shape index (κ2) is 3.84. The molecule has 0 spiro atoms. The third kappa shape index (κ3) is 1.89. The van der Waals surface area contributed by atoms with Crippen LogP contribution in [0.3, 0.4) is 0 Å². The van der Waals surface area contributed by atoms with E-state index in [4.69, 9.17) is 18.0 Å². The van der Waals surface area contributed by atoms with Gasteiger partial charge in [-0.25, -0.2) is 5.10 Å². The number of nitrogens with zero attached hydrogens (tertiary/aromatic N) is 2. The zero-order valence-electron chi connectivity index (χ0n) is 7.03. The third-order valence-electron chi connectivity index (χ3n) is 1.73. The molecule has 2 aromatic rings. The highest BCUT2D eigenvalue weighted by atomic mass is 79.9. The van der Waals surface area contributed by atoms with E-state index in [2.05, 4.69) is 26.1 Å². The lowest BCUT2D eigenvalue weighted by Gasteiger charge is -1.99. The Morgan fingerprint density at radius 3 is 2.93 bits per heavy atom. The van der Waals surface area contributed by atoms with Crippen LogP contribution in [0.5, 0.6) is 0 Å². The van der Waals surface area contributed by atoms with Gasteiger partial charge >= 0.3 is 0 Å². The Hall–Kier alpha value is -0.660. The minimum atomic E-state index is 0.416. The molecule has 0 bridgehead atoms. The molecular weight excluding hydrogens is 284 g/mol. The Morgan fingerprint density at radius 2 is 2.43 bits per heavy atom. The van der Waals surface area contributed by atoms with E-state index >= 15 is 0 Å². The summed E-state index contributed by atoms with van der Waals surface area (Å²) in [5, 5.41) is 6.48. The molecule has 0 saturated carbocycles. The Labute approximate surface area is 97.9 Å². The molecule has 0 aliphatic carbocycles. The summed E-state index contributed by atoms with van der Waals surface area (Å²) >= 11 is 10.1. The van der Waals surface area contributed by atoms with Gasteiger partial charge < -0.3 is 5.73 Å². The molecule has 0 atom stereocenters. The summed E-state index contributed by atoms with van der Waals surface area (Å²) in [4.78, 5) is 1.18. The topological polar surface area (TPSA) is 59.6 Å². The third-order valence-corrected chi connectivity index (χ3v) is 3.65. The molecule has 2 heterocycles. The normalized spacial score (nSPS) is 10.6. The quantitative estimate of drug-likeness (QED) is 0.835. The van der Waals surface area contributed by atoms with Crippen LogP contribution in [0.15, 0.2) is 15.9 Å². The van der Waals surface area contributed by atoms with Crippen molar-refractivity contribution in [1.29, 1.82) is 0 Å². The van der Waals surface area contributed by atoms with Gasteiger partial charge in [-0.1, -0.05) is 0 Å². The minimum Gasteiger partial charge on any atom is -0.368 e. The first-order valence-corrected chi connectivity index (χ1v) is 5.83. The van der Waals surface area contributed by atoms with Crippen LogP contribution in [-0.4, -0.2) is 14.8 Å². The van der Waals surface area contributed by atoms with E-state index in [0.717, 1.165) is 3.79 Å². The Balaban J connectivity index is 2.31. The van der Waals surface area contributed by atoms with Crippen molar-refractivity contribution in [2.45, 2.75) is 6.54 Å². The largest absolute Gasteiger partial charge is 0.368 e. The van der Waals surface area contributed by atoms with Crippen LogP contribution in [0.2, 0.25) is 0 Å². The summed E-state index contributed by atoms with van der Waals surface area (Å²) in [6.45, 7) is 0.664. The van der Waals surface area contributed by atoms with E-state index in [1.54, 1.807) is 15.9 Å². The fourth-order valence-electron chi connectivity index (χ4n) is 1.08. The van der Waals surface area contributed by atoms with E-state index in [0.29, 0.717) is 17.3 Å². The van der Waals surface area contributed by atoms with E-state index in [1.807, 2.05) is 12.1 Å². The first-order chi connectivity index (χ1) is 6.66. The number of halogens is 1. The van der Waals surface area contributed by atoms with Crippen LogP contribution in [-0.2, 0) is 6.54 Å². The van der Waals surface area contributed by atoms with Crippen molar-refractivity contribution in [2.24, 2.45) is 0 Å². The van der Waals surface area contributed by atoms with Gasteiger partial charge in [0.05, 0.1) is 10.3 Å². The number of nitrogen functional groups attached to an aromatic ring is 1. The lowest BCUT2D eigenvalue weighted by atomic mass is 10.4. The maximum absolute atomic E-state index is 5.64. The molecule has 0 fully saturated rings. The zero-order chi connectivity index (χ0) is 10.1. The van der Waals surface area contributed by atoms with Crippen LogP contribution in [0, 0.1) is 4.77 Å². The second-order valence-electron chi connectivity index (χ2n) is 2.68. The minimum absolute atomic E-state index is 0.416. The lowest BCUT2D eigenvalue weighted by molar-refractivity contribution is 0.806. The highest BCUT2D eigenvalue weighted by Crippen LogP contribution is 2.23. The number of hydrogen-bond acceptors (Lipinski definition) is 4. The lowest BCUT2D eigenvalue weighted by Crippen LogP contribution is -2.03. The molecule has 0 saturated heterocycles. The number of aromatic amines is 1. The number of hydrogen-bond donors (Lipinski definition) is 2. The van der Waals surface area contributed by atoms with Crippen molar-refractivity contribution < 1.29 is 0 Å². The first-order valence-electron chi connectivity index (χ1n) is 3.81. The molecule has 74 valence electrons. The summed E-state index contributed by atoms with van der Waals surface area (Å²) in [6, 6.07) is 4.03. The molecule has 0 aliphatic rings. The Morgan fingerprint density at radius 1 is 1.64 bits per heavy atom. The summed E-state index contributed by atoms with van der Waals surface area (Å²) in [6.07, 6.45) is 0. The summed E-state index contributed by atoms with van der Waals surface area (Å²) in [5.74, 6) is 0.416. The van der Waals surface area contributed by atoms with Crippen molar-refractivity contribution in [3.05, 3.63) is 25.6 Å². The van der Waals surface area contributed by atoms with Crippen LogP contribution >= 0.6 is 39.5 Å². The van der Waals surface area contributed by atoms with Gasteiger partial charge in [-0.15, -0.1) is 16.4 Å². The standard InChI is InChI=1S/C7H7BrN4S2/c8-5-2-1-4(14-5)3-12-6(9)10-11-7(12)13/h1-2H,3H2,(H2,9,10)(H,11,13). The summed E-state index contributed by atoms with van der Waals surface area (Å²) in [7, 11) is 0. The molecule has 0 aromatic carbocycles. The molecule has 2 aromatic heterocycles. The number of rotatable bonds is 2. The van der Waals surface area contributed by atoms with Gasteiger partial charge in [0.1, 0.15) is 0 Å². The predicted molar refractivity (Wildman–Crippen MR) is 62.9 cm³/mol. The molecule has 3 N–H and O–H groups in total. The van der Waals surface area contributed by atoms with Crippen LogP contribution in [0.4, 0.5) is 5.95 Å². The van der Waals surface area contributed by atoms with Crippen molar-refractivity contribution in [3.8, 4) is 0 Å². The molecule has 0 amide bonds. The summed E-state index contributed by atoms with van der Waals surface area (Å²) in [5.41, 5.74) is 5.64. The van der Waals surface area contributed by atoms with Crippen molar-refractivity contribution in [2.75, 3.05) is 5.73 Å². The highest BCUT2D eigenvalue weighted by Gasteiger charge is 2.04. The molecule has 14 heavy (non-hydrogen) atoms. The number of anilines is 1. The molecule has 7 heteroatoms. The van der Waals surface area contributed by atoms with E-state index < -0.39 is 0 Å². The SMILES string of the molecule is Nc1n[nH]c(=S)n1Cc1ccc(Br)s1. The van der Waals surface area contributed by atoms with Gasteiger partial charge in [0.2, 0.25) is 5.95 Å². The molecule has 0 radical (unpaired) electrons. The Bertz CT molecular complexity index is 498. The van der Waals surface area contributed by atoms with Gasteiger partial charge in [-0.05, 0) is 40.3 Å². The zero-order valence-corrected chi connectivity index (χ0v) is 10.2. The van der Waals surface area contributed by atoms with Gasteiger partial charge in [-0.3, -0.25) is 4.57 Å². The molecule has 0 aliphatic heterocycles. The van der Waals surface area contributed by atoms with E-state index in [9.17, 15) is 0 Å². The number of aromatic nitrogens is 3. The van der Waals surface area contributed by atoms with E-state index in [-0.39, 0.29) is 0 Å². The fraction of sp³-hybridized carbons (Fsp3) is 0.143. The molecule has 4 nitrogen and oxygen atoms in total.